The number of hydrogen-bond donors (Lipinski definition) is 1. The van der Waals surface area contributed by atoms with Crippen molar-refractivity contribution in [1.82, 2.24) is 19.9 Å². The number of nitrogens with zero attached hydrogens (tertiary/aromatic N) is 5. The van der Waals surface area contributed by atoms with Crippen LogP contribution >= 0.6 is 11.6 Å². The molecular weight excluding hydrogens is 435 g/mol. The highest BCUT2D eigenvalue weighted by molar-refractivity contribution is 6.32. The Morgan fingerprint density at radius 2 is 2.16 bits per heavy atom. The Kier molecular flexibility index (Phi) is 4.85. The number of carbonyl (C=O) groups excluding carboxylic acids is 1. The molecule has 1 N–H and O–H groups in total. The average Bonchev–Trinajstić information content (AvgIpc) is 2.74. The summed E-state index contributed by atoms with van der Waals surface area (Å²) in [6.07, 6.45) is 3.71. The van der Waals surface area contributed by atoms with E-state index in [9.17, 15) is 9.18 Å². The van der Waals surface area contributed by atoms with Crippen LogP contribution in [0.4, 0.5) is 21.7 Å². The van der Waals surface area contributed by atoms with Crippen molar-refractivity contribution in [2.24, 2.45) is 0 Å². The topological polar surface area (TPSA) is 83.5 Å². The molecule has 2 aliphatic heterocycles. The molecule has 2 fully saturated rings. The Hall–Kier alpha value is -3.46. The van der Waals surface area contributed by atoms with Crippen molar-refractivity contribution in [3.8, 4) is 5.75 Å². The molecule has 164 valence electrons. The van der Waals surface area contributed by atoms with Crippen LogP contribution in [0.2, 0.25) is 5.02 Å². The molecule has 32 heavy (non-hydrogen) atoms. The second kappa shape index (κ2) is 7.59. The molecule has 10 heteroatoms. The van der Waals surface area contributed by atoms with Crippen molar-refractivity contribution in [3.63, 3.8) is 0 Å². The van der Waals surface area contributed by atoms with Crippen molar-refractivity contribution in [3.05, 3.63) is 54.1 Å². The van der Waals surface area contributed by atoms with Gasteiger partial charge in [0.1, 0.15) is 29.2 Å². The molecule has 0 radical (unpaired) electrons. The lowest BCUT2D eigenvalue weighted by Crippen LogP contribution is -2.78. The first kappa shape index (κ1) is 20.4. The Bertz CT molecular complexity index is 1250. The number of hydrogen-bond acceptors (Lipinski definition) is 7. The van der Waals surface area contributed by atoms with E-state index in [0.29, 0.717) is 29.9 Å². The van der Waals surface area contributed by atoms with E-state index in [1.165, 1.54) is 31.6 Å². The van der Waals surface area contributed by atoms with Gasteiger partial charge in [0, 0.05) is 25.7 Å². The molecule has 1 aromatic carbocycles. The van der Waals surface area contributed by atoms with Crippen molar-refractivity contribution in [1.29, 1.82) is 0 Å². The van der Waals surface area contributed by atoms with Crippen molar-refractivity contribution >= 4 is 45.9 Å². The Morgan fingerprint density at radius 1 is 1.34 bits per heavy atom. The van der Waals surface area contributed by atoms with Crippen molar-refractivity contribution in [2.75, 3.05) is 37.0 Å². The van der Waals surface area contributed by atoms with Crippen LogP contribution in [-0.4, -0.2) is 58.0 Å². The summed E-state index contributed by atoms with van der Waals surface area (Å²) in [4.78, 5) is 29.2. The number of anilines is 3. The summed E-state index contributed by atoms with van der Waals surface area (Å²) in [7, 11) is 1.42. The van der Waals surface area contributed by atoms with Crippen LogP contribution in [0.3, 0.4) is 0 Å². The van der Waals surface area contributed by atoms with Crippen molar-refractivity contribution < 1.29 is 13.9 Å². The number of benzene rings is 1. The summed E-state index contributed by atoms with van der Waals surface area (Å²) < 4.78 is 19.6. The molecule has 0 unspecified atom stereocenters. The summed E-state index contributed by atoms with van der Waals surface area (Å²) in [5.41, 5.74) is 1.14. The number of likely N-dealkylation sites (tertiary alicyclic amines) is 1. The van der Waals surface area contributed by atoms with Crippen LogP contribution in [0, 0.1) is 5.82 Å². The van der Waals surface area contributed by atoms with Gasteiger partial charge in [0.25, 0.3) is 0 Å². The highest BCUT2D eigenvalue weighted by Crippen LogP contribution is 2.41. The van der Waals surface area contributed by atoms with Gasteiger partial charge in [-0.15, -0.1) is 0 Å². The molecule has 8 nitrogen and oxygen atoms in total. The van der Waals surface area contributed by atoms with Crippen LogP contribution in [0.25, 0.3) is 11.0 Å². The predicted octanol–water partition coefficient (Wildman–Crippen LogP) is 3.55. The van der Waals surface area contributed by atoms with E-state index in [1.54, 1.807) is 0 Å². The average molecular weight is 455 g/mol. The normalized spacial score (nSPS) is 16.5. The maximum atomic E-state index is 14.5. The molecule has 2 aliphatic rings. The van der Waals surface area contributed by atoms with Crippen LogP contribution < -0.4 is 15.0 Å². The van der Waals surface area contributed by atoms with E-state index in [2.05, 4.69) is 26.8 Å². The van der Waals surface area contributed by atoms with Crippen molar-refractivity contribution in [2.45, 2.75) is 12.0 Å². The fraction of sp³-hybridized carbons (Fsp3) is 0.273. The lowest BCUT2D eigenvalue weighted by atomic mass is 9.77. The van der Waals surface area contributed by atoms with Crippen LogP contribution in [-0.2, 0) is 4.79 Å². The summed E-state index contributed by atoms with van der Waals surface area (Å²) >= 11 is 6.15. The molecule has 4 heterocycles. The Morgan fingerprint density at radius 3 is 2.84 bits per heavy atom. The van der Waals surface area contributed by atoms with Gasteiger partial charge in [-0.25, -0.2) is 19.3 Å². The van der Waals surface area contributed by atoms with Gasteiger partial charge in [-0.05, 0) is 30.7 Å². The number of carbonyl (C=O) groups is 1. The monoisotopic (exact) mass is 454 g/mol. The smallest absolute Gasteiger partial charge is 0.246 e. The summed E-state index contributed by atoms with van der Waals surface area (Å²) in [5, 5.41) is 3.24. The maximum Gasteiger partial charge on any atom is 0.246 e. The zero-order valence-corrected chi connectivity index (χ0v) is 18.1. The highest BCUT2D eigenvalue weighted by Gasteiger charge is 2.55. The molecule has 2 saturated heterocycles. The number of nitrogens with one attached hydrogen (secondary N) is 1. The van der Waals surface area contributed by atoms with Gasteiger partial charge < -0.3 is 19.9 Å². The van der Waals surface area contributed by atoms with E-state index in [0.717, 1.165) is 18.8 Å². The van der Waals surface area contributed by atoms with E-state index >= 15 is 0 Å². The summed E-state index contributed by atoms with van der Waals surface area (Å²) in [5.74, 6) is 0.777. The Labute approximate surface area is 188 Å². The number of aromatic nitrogens is 3. The van der Waals surface area contributed by atoms with Gasteiger partial charge in [-0.1, -0.05) is 18.2 Å². The maximum absolute atomic E-state index is 14.5. The molecule has 0 atom stereocenters. The Balaban J connectivity index is 1.42. The third-order valence-corrected chi connectivity index (χ3v) is 6.37. The van der Waals surface area contributed by atoms with Gasteiger partial charge in [-0.2, -0.15) is 0 Å². The number of ether oxygens (including phenoxy) is 1. The molecule has 0 saturated carbocycles. The van der Waals surface area contributed by atoms with Crippen LogP contribution in [0.1, 0.15) is 6.42 Å². The first-order chi connectivity index (χ1) is 15.4. The molecule has 5 rings (SSSR count). The lowest BCUT2D eigenvalue weighted by Gasteiger charge is -2.62. The number of fused-ring (bicyclic) bond motifs is 1. The molecule has 2 aromatic heterocycles. The molecule has 1 spiro atoms. The first-order valence-corrected chi connectivity index (χ1v) is 10.4. The molecule has 0 bridgehead atoms. The van der Waals surface area contributed by atoms with Gasteiger partial charge in [0.05, 0.1) is 28.9 Å². The quantitative estimate of drug-likeness (QED) is 0.590. The summed E-state index contributed by atoms with van der Waals surface area (Å²) in [6.45, 7) is 5.73. The SMILES string of the molecule is C=CC(=O)N1CCC12CN(c1ccc3ncnc(Nc4cc(Cl)c(OC)cc4F)c3n1)C2. The fourth-order valence-corrected chi connectivity index (χ4v) is 4.50. The van der Waals surface area contributed by atoms with Gasteiger partial charge in [0.15, 0.2) is 5.82 Å². The van der Waals surface area contributed by atoms with E-state index in [-0.39, 0.29) is 27.9 Å². The minimum Gasteiger partial charge on any atom is -0.495 e. The number of methoxy groups -OCH3 is 1. The third-order valence-electron chi connectivity index (χ3n) is 6.07. The van der Waals surface area contributed by atoms with Crippen LogP contribution in [0.5, 0.6) is 5.75 Å². The predicted molar refractivity (Wildman–Crippen MR) is 120 cm³/mol. The molecule has 0 aliphatic carbocycles. The standard InChI is InChI=1S/C22H20ClFN6O2/c1-3-19(31)30-7-6-22(30)10-29(11-22)18-5-4-15-20(28-18)21(26-12-25-15)27-16-8-13(23)17(32-2)9-14(16)24/h3-5,8-9,12H,1,6-7,10-11H2,2H3,(H,25,26,27). The molecular formula is C22H20ClFN6O2. The van der Waals surface area contributed by atoms with Gasteiger partial charge in [0.2, 0.25) is 5.91 Å². The van der Waals surface area contributed by atoms with E-state index < -0.39 is 5.82 Å². The van der Waals surface area contributed by atoms with E-state index in [4.69, 9.17) is 21.3 Å². The first-order valence-electron chi connectivity index (χ1n) is 10.0. The fourth-order valence-electron chi connectivity index (χ4n) is 4.25. The number of amides is 1. The second-order valence-electron chi connectivity index (χ2n) is 7.88. The number of rotatable bonds is 5. The largest absolute Gasteiger partial charge is 0.495 e. The molecule has 1 amide bonds. The van der Waals surface area contributed by atoms with Gasteiger partial charge >= 0.3 is 0 Å². The van der Waals surface area contributed by atoms with E-state index in [1.807, 2.05) is 17.0 Å². The van der Waals surface area contributed by atoms with Gasteiger partial charge in [-0.3, -0.25) is 4.79 Å². The molecule has 3 aromatic rings. The second-order valence-corrected chi connectivity index (χ2v) is 8.28. The minimum atomic E-state index is -0.532. The van der Waals surface area contributed by atoms with Crippen LogP contribution in [0.15, 0.2) is 43.2 Å². The zero-order chi connectivity index (χ0) is 22.5. The lowest BCUT2D eigenvalue weighted by molar-refractivity contribution is -0.144. The third kappa shape index (κ3) is 3.20. The zero-order valence-electron chi connectivity index (χ0n) is 17.3. The number of halogens is 2. The highest BCUT2D eigenvalue weighted by atomic mass is 35.5. The summed E-state index contributed by atoms with van der Waals surface area (Å²) in [6, 6.07) is 6.38. The number of pyridine rings is 1. The minimum absolute atomic E-state index is 0.0394.